The molecule has 0 saturated carbocycles. The highest BCUT2D eigenvalue weighted by atomic mass is 16.5. The Labute approximate surface area is 151 Å². The molecule has 0 radical (unpaired) electrons. The van der Waals surface area contributed by atoms with Crippen LogP contribution in [0.3, 0.4) is 0 Å². The fourth-order valence-corrected chi connectivity index (χ4v) is 4.36. The molecule has 1 saturated heterocycles. The van der Waals surface area contributed by atoms with Gasteiger partial charge in [-0.15, -0.1) is 0 Å². The summed E-state index contributed by atoms with van der Waals surface area (Å²) in [6.45, 7) is 11.1. The van der Waals surface area contributed by atoms with Gasteiger partial charge in [-0.25, -0.2) is 0 Å². The average Bonchev–Trinajstić information content (AvgIpc) is 2.67. The van der Waals surface area contributed by atoms with E-state index in [1.165, 1.54) is 16.7 Å². The molecule has 25 heavy (non-hydrogen) atoms. The quantitative estimate of drug-likeness (QED) is 0.790. The van der Waals surface area contributed by atoms with Crippen molar-refractivity contribution in [1.29, 1.82) is 0 Å². The summed E-state index contributed by atoms with van der Waals surface area (Å²) in [6.07, 6.45) is 2.11. The average molecular weight is 348 g/mol. The van der Waals surface area contributed by atoms with Gasteiger partial charge in [-0.1, -0.05) is 13.8 Å². The number of methoxy groups -OCH3 is 2. The predicted octanol–water partition coefficient (Wildman–Crippen LogP) is 2.87. The normalized spacial score (nSPS) is 21.8. The first-order valence-electron chi connectivity index (χ1n) is 9.54. The summed E-state index contributed by atoms with van der Waals surface area (Å²) in [5.41, 5.74) is 3.92. The molecule has 2 aliphatic rings. The van der Waals surface area contributed by atoms with Crippen molar-refractivity contribution in [2.45, 2.75) is 39.3 Å². The van der Waals surface area contributed by atoms with Crippen LogP contribution >= 0.6 is 0 Å². The predicted molar refractivity (Wildman–Crippen MR) is 99.6 cm³/mol. The van der Waals surface area contributed by atoms with Crippen molar-refractivity contribution in [1.82, 2.24) is 9.80 Å². The van der Waals surface area contributed by atoms with Crippen LogP contribution in [0, 0.1) is 0 Å². The minimum Gasteiger partial charge on any atom is -0.496 e. The van der Waals surface area contributed by atoms with Gasteiger partial charge in [0.1, 0.15) is 11.5 Å². The molecule has 1 aromatic rings. The summed E-state index contributed by atoms with van der Waals surface area (Å²) >= 11 is 0. The molecule has 1 atom stereocenters. The Morgan fingerprint density at radius 3 is 2.48 bits per heavy atom. The van der Waals surface area contributed by atoms with Gasteiger partial charge in [0.25, 0.3) is 0 Å². The summed E-state index contributed by atoms with van der Waals surface area (Å²) < 4.78 is 17.2. The van der Waals surface area contributed by atoms with Gasteiger partial charge in [-0.2, -0.15) is 0 Å². The molecule has 1 aromatic carbocycles. The molecule has 5 heteroatoms. The molecule has 1 fully saturated rings. The summed E-state index contributed by atoms with van der Waals surface area (Å²) in [5, 5.41) is 0. The smallest absolute Gasteiger partial charge is 0.127 e. The maximum atomic E-state index is 5.91. The van der Waals surface area contributed by atoms with E-state index in [0.29, 0.717) is 6.04 Å². The van der Waals surface area contributed by atoms with Gasteiger partial charge in [-0.05, 0) is 25.5 Å². The molecule has 2 heterocycles. The molecule has 0 N–H and O–H groups in total. The highest BCUT2D eigenvalue weighted by Crippen LogP contribution is 2.44. The van der Waals surface area contributed by atoms with Crippen LogP contribution in [-0.2, 0) is 17.7 Å². The molecule has 3 rings (SSSR count). The van der Waals surface area contributed by atoms with Crippen LogP contribution in [0.5, 0.6) is 11.5 Å². The van der Waals surface area contributed by atoms with Crippen molar-refractivity contribution < 1.29 is 14.2 Å². The Morgan fingerprint density at radius 1 is 1.12 bits per heavy atom. The van der Waals surface area contributed by atoms with E-state index in [4.69, 9.17) is 14.2 Å². The molecule has 1 unspecified atom stereocenters. The summed E-state index contributed by atoms with van der Waals surface area (Å²) in [7, 11) is 3.59. The van der Waals surface area contributed by atoms with Gasteiger partial charge in [0, 0.05) is 48.9 Å². The van der Waals surface area contributed by atoms with Gasteiger partial charge in [0.05, 0.1) is 27.4 Å². The lowest BCUT2D eigenvalue weighted by Gasteiger charge is -2.38. The van der Waals surface area contributed by atoms with Crippen LogP contribution in [0.25, 0.3) is 0 Å². The highest BCUT2D eigenvalue weighted by molar-refractivity contribution is 5.56. The second kappa shape index (κ2) is 8.39. The van der Waals surface area contributed by atoms with E-state index < -0.39 is 0 Å². The Hall–Kier alpha value is -1.30. The number of morpholine rings is 1. The molecular weight excluding hydrogens is 316 g/mol. The van der Waals surface area contributed by atoms with E-state index >= 15 is 0 Å². The minimum absolute atomic E-state index is 0.412. The zero-order chi connectivity index (χ0) is 17.8. The van der Waals surface area contributed by atoms with Crippen LogP contribution in [0.15, 0.2) is 6.07 Å². The third-order valence-corrected chi connectivity index (χ3v) is 5.60. The number of rotatable bonds is 6. The Balaban J connectivity index is 2.01. The van der Waals surface area contributed by atoms with E-state index in [-0.39, 0.29) is 0 Å². The van der Waals surface area contributed by atoms with E-state index in [9.17, 15) is 0 Å². The molecule has 0 amide bonds. The van der Waals surface area contributed by atoms with Crippen LogP contribution in [-0.4, -0.2) is 63.4 Å². The van der Waals surface area contributed by atoms with Crippen molar-refractivity contribution in [3.05, 3.63) is 22.8 Å². The van der Waals surface area contributed by atoms with E-state index in [1.54, 1.807) is 14.2 Å². The van der Waals surface area contributed by atoms with Crippen molar-refractivity contribution in [3.8, 4) is 11.5 Å². The second-order valence-corrected chi connectivity index (χ2v) is 6.85. The lowest BCUT2D eigenvalue weighted by atomic mass is 9.87. The van der Waals surface area contributed by atoms with Gasteiger partial charge < -0.3 is 14.2 Å². The Bertz CT molecular complexity index is 585. The third-order valence-electron chi connectivity index (χ3n) is 5.60. The number of benzene rings is 1. The largest absolute Gasteiger partial charge is 0.496 e. The van der Waals surface area contributed by atoms with E-state index in [0.717, 1.165) is 70.3 Å². The maximum absolute atomic E-state index is 5.91. The lowest BCUT2D eigenvalue weighted by molar-refractivity contribution is 0.0338. The van der Waals surface area contributed by atoms with Gasteiger partial charge >= 0.3 is 0 Å². The van der Waals surface area contributed by atoms with Gasteiger partial charge in [0.15, 0.2) is 0 Å². The summed E-state index contributed by atoms with van der Waals surface area (Å²) in [6, 6.07) is 2.62. The Morgan fingerprint density at radius 2 is 1.88 bits per heavy atom. The molecule has 5 nitrogen and oxygen atoms in total. The van der Waals surface area contributed by atoms with Crippen molar-refractivity contribution in [2.24, 2.45) is 0 Å². The monoisotopic (exact) mass is 348 g/mol. The van der Waals surface area contributed by atoms with Crippen molar-refractivity contribution in [2.75, 3.05) is 53.6 Å². The SMILES string of the molecule is CCC1c2c(OC)cc(CN3CCOCC3)c(OC)c2CCN1CC. The minimum atomic E-state index is 0.412. The molecule has 0 bridgehead atoms. The fourth-order valence-electron chi connectivity index (χ4n) is 4.36. The highest BCUT2D eigenvalue weighted by Gasteiger charge is 2.32. The number of ether oxygens (including phenoxy) is 3. The van der Waals surface area contributed by atoms with Gasteiger partial charge in [0.2, 0.25) is 0 Å². The van der Waals surface area contributed by atoms with E-state index in [2.05, 4.69) is 29.7 Å². The lowest BCUT2D eigenvalue weighted by Crippen LogP contribution is -2.37. The second-order valence-electron chi connectivity index (χ2n) is 6.85. The molecule has 0 spiro atoms. The van der Waals surface area contributed by atoms with Crippen LogP contribution in [0.1, 0.15) is 43.0 Å². The molecule has 0 aliphatic carbocycles. The summed E-state index contributed by atoms with van der Waals surface area (Å²) in [5.74, 6) is 2.08. The number of likely N-dealkylation sites (N-methyl/N-ethyl adjacent to an activating group) is 1. The topological polar surface area (TPSA) is 34.2 Å². The number of nitrogens with zero attached hydrogens (tertiary/aromatic N) is 2. The Kier molecular flexibility index (Phi) is 6.20. The van der Waals surface area contributed by atoms with Crippen molar-refractivity contribution in [3.63, 3.8) is 0 Å². The van der Waals surface area contributed by atoms with Gasteiger partial charge in [-0.3, -0.25) is 9.80 Å². The molecule has 140 valence electrons. The first kappa shape index (κ1) is 18.5. The zero-order valence-electron chi connectivity index (χ0n) is 16.1. The molecular formula is C20H32N2O3. The van der Waals surface area contributed by atoms with E-state index in [1.807, 2.05) is 0 Å². The number of hydrogen-bond acceptors (Lipinski definition) is 5. The maximum Gasteiger partial charge on any atom is 0.127 e. The molecule has 0 aromatic heterocycles. The van der Waals surface area contributed by atoms with Crippen LogP contribution in [0.2, 0.25) is 0 Å². The first-order chi connectivity index (χ1) is 12.2. The third kappa shape index (κ3) is 3.64. The first-order valence-corrected chi connectivity index (χ1v) is 9.54. The fraction of sp³-hybridized carbons (Fsp3) is 0.700. The standard InChI is InChI=1S/C20H32N2O3/c1-5-17-19-16(7-8-22(17)6-2)20(24-4)15(13-18(19)23-3)14-21-9-11-25-12-10-21/h13,17H,5-12,14H2,1-4H3. The number of hydrogen-bond donors (Lipinski definition) is 0. The molecule has 2 aliphatic heterocycles. The zero-order valence-corrected chi connectivity index (χ0v) is 16.1. The summed E-state index contributed by atoms with van der Waals surface area (Å²) in [4.78, 5) is 4.98. The van der Waals surface area contributed by atoms with Crippen LogP contribution < -0.4 is 9.47 Å². The van der Waals surface area contributed by atoms with Crippen LogP contribution in [0.4, 0.5) is 0 Å². The van der Waals surface area contributed by atoms with Crippen molar-refractivity contribution >= 4 is 0 Å². The number of fused-ring (bicyclic) bond motifs is 1.